The Bertz CT molecular complexity index is 1020. The van der Waals surface area contributed by atoms with Gasteiger partial charge >= 0.3 is 0 Å². The molecule has 3 aromatic carbocycles. The van der Waals surface area contributed by atoms with Gasteiger partial charge in [-0.15, -0.1) is 0 Å². The summed E-state index contributed by atoms with van der Waals surface area (Å²) in [5.74, 6) is -0.358. The van der Waals surface area contributed by atoms with E-state index in [1.165, 1.54) is 30.3 Å². The number of allylic oxidation sites excluding steroid dienone is 1. The first-order chi connectivity index (χ1) is 13.8. The van der Waals surface area contributed by atoms with Crippen molar-refractivity contribution < 1.29 is 20.4 Å². The summed E-state index contributed by atoms with van der Waals surface area (Å²) >= 11 is 12.3. The van der Waals surface area contributed by atoms with Gasteiger partial charge in [0.1, 0.15) is 23.0 Å². The molecule has 0 aliphatic heterocycles. The Balaban J connectivity index is 2.08. The molecule has 0 spiro atoms. The van der Waals surface area contributed by atoms with E-state index in [1.807, 2.05) is 0 Å². The number of phenols is 4. The van der Waals surface area contributed by atoms with Crippen molar-refractivity contribution in [2.24, 2.45) is 0 Å². The van der Waals surface area contributed by atoms with Gasteiger partial charge < -0.3 is 31.1 Å². The van der Waals surface area contributed by atoms with Gasteiger partial charge in [0.05, 0.1) is 38.4 Å². The van der Waals surface area contributed by atoms with Crippen LogP contribution < -0.4 is 10.6 Å². The summed E-state index contributed by atoms with van der Waals surface area (Å²) in [5.41, 5.74) is 1.61. The molecule has 0 aliphatic rings. The second kappa shape index (κ2) is 8.43. The largest absolute Gasteiger partial charge is 0.508 e. The molecule has 0 aromatic heterocycles. The van der Waals surface area contributed by atoms with Crippen LogP contribution in [0.1, 0.15) is 12.5 Å². The summed E-state index contributed by atoms with van der Waals surface area (Å²) in [7, 11) is 0. The number of hydrogen-bond donors (Lipinski definition) is 6. The number of rotatable bonds is 5. The maximum absolute atomic E-state index is 10.6. The van der Waals surface area contributed by atoms with Crippen LogP contribution >= 0.6 is 23.2 Å². The zero-order valence-corrected chi connectivity index (χ0v) is 16.8. The highest BCUT2D eigenvalue weighted by Crippen LogP contribution is 2.45. The Hall–Kier alpha value is -3.22. The maximum Gasteiger partial charge on any atom is 0.150 e. The van der Waals surface area contributed by atoms with Crippen LogP contribution in [-0.2, 0) is 0 Å². The Kier molecular flexibility index (Phi) is 5.96. The van der Waals surface area contributed by atoms with Crippen molar-refractivity contribution in [3.63, 3.8) is 0 Å². The third-order valence-electron chi connectivity index (χ3n) is 4.09. The number of phenolic OH excluding ortho intramolecular Hbond substituents is 4. The predicted octanol–water partition coefficient (Wildman–Crippen LogP) is 6.34. The highest BCUT2D eigenvalue weighted by Gasteiger charge is 2.17. The Morgan fingerprint density at radius 1 is 0.690 bits per heavy atom. The summed E-state index contributed by atoms with van der Waals surface area (Å²) in [6.07, 6.45) is 3.22. The van der Waals surface area contributed by atoms with Gasteiger partial charge in [0.25, 0.3) is 0 Å². The molecule has 0 amide bonds. The van der Waals surface area contributed by atoms with Crippen LogP contribution in [-0.4, -0.2) is 20.4 Å². The molecule has 0 radical (unpaired) electrons. The van der Waals surface area contributed by atoms with Crippen molar-refractivity contribution in [2.75, 3.05) is 10.6 Å². The van der Waals surface area contributed by atoms with Crippen molar-refractivity contribution in [2.45, 2.75) is 6.92 Å². The molecule has 150 valence electrons. The van der Waals surface area contributed by atoms with Crippen molar-refractivity contribution in [3.05, 3.63) is 64.1 Å². The van der Waals surface area contributed by atoms with Crippen LogP contribution in [0.15, 0.2) is 48.5 Å². The average Bonchev–Trinajstić information content (AvgIpc) is 2.66. The van der Waals surface area contributed by atoms with E-state index in [2.05, 4.69) is 10.6 Å². The van der Waals surface area contributed by atoms with E-state index in [-0.39, 0.29) is 50.0 Å². The molecule has 0 atom stereocenters. The molecule has 6 N–H and O–H groups in total. The van der Waals surface area contributed by atoms with Crippen LogP contribution in [0, 0.1) is 0 Å². The van der Waals surface area contributed by atoms with E-state index < -0.39 is 0 Å². The lowest BCUT2D eigenvalue weighted by molar-refractivity contribution is 0.451. The van der Waals surface area contributed by atoms with Crippen LogP contribution in [0.2, 0.25) is 10.0 Å². The summed E-state index contributed by atoms with van der Waals surface area (Å²) in [6.45, 7) is 1.75. The second-order valence-corrected chi connectivity index (χ2v) is 6.98. The lowest BCUT2D eigenvalue weighted by atomic mass is 10.1. The van der Waals surface area contributed by atoms with Gasteiger partial charge in [-0.1, -0.05) is 35.4 Å². The van der Waals surface area contributed by atoms with Crippen molar-refractivity contribution in [3.8, 4) is 23.0 Å². The van der Waals surface area contributed by atoms with Crippen molar-refractivity contribution in [1.82, 2.24) is 0 Å². The second-order valence-electron chi connectivity index (χ2n) is 6.16. The van der Waals surface area contributed by atoms with E-state index in [4.69, 9.17) is 23.2 Å². The van der Waals surface area contributed by atoms with Crippen LogP contribution in [0.25, 0.3) is 6.08 Å². The quantitative estimate of drug-likeness (QED) is 0.207. The lowest BCUT2D eigenvalue weighted by Gasteiger charge is -2.18. The van der Waals surface area contributed by atoms with Crippen LogP contribution in [0.4, 0.5) is 22.7 Å². The topological polar surface area (TPSA) is 105 Å². The summed E-state index contributed by atoms with van der Waals surface area (Å²) in [6, 6.07) is 10.2. The maximum atomic E-state index is 10.6. The van der Waals surface area contributed by atoms with Crippen LogP contribution in [0.3, 0.4) is 0 Å². The SMILES string of the molecule is C/C=C\c1c(O)c(Nc2ccc(O)cc2Cl)cc(Nc2ccc(O)cc2Cl)c1O. The number of hydrogen-bond acceptors (Lipinski definition) is 6. The molecule has 0 heterocycles. The third-order valence-corrected chi connectivity index (χ3v) is 4.71. The first-order valence-corrected chi connectivity index (χ1v) is 9.28. The molecule has 0 unspecified atom stereocenters. The van der Waals surface area contributed by atoms with Gasteiger partial charge in [-0.05, 0) is 37.3 Å². The fraction of sp³-hybridized carbons (Fsp3) is 0.0476. The minimum absolute atomic E-state index is 0.00871. The normalized spacial score (nSPS) is 11.0. The van der Waals surface area contributed by atoms with Crippen molar-refractivity contribution >= 4 is 52.0 Å². The summed E-state index contributed by atoms with van der Waals surface area (Å²) in [5, 5.41) is 46.8. The number of aromatic hydroxyl groups is 4. The smallest absolute Gasteiger partial charge is 0.150 e. The zero-order valence-electron chi connectivity index (χ0n) is 15.2. The first kappa shape index (κ1) is 20.5. The monoisotopic (exact) mass is 432 g/mol. The molecule has 0 saturated carbocycles. The predicted molar refractivity (Wildman–Crippen MR) is 117 cm³/mol. The van der Waals surface area contributed by atoms with E-state index in [9.17, 15) is 20.4 Å². The molecule has 29 heavy (non-hydrogen) atoms. The molecule has 0 saturated heterocycles. The number of halogens is 2. The molecule has 0 fully saturated rings. The minimum atomic E-state index is -0.188. The molecule has 0 bridgehead atoms. The molecule has 6 nitrogen and oxygen atoms in total. The molecule has 3 rings (SSSR count). The van der Waals surface area contributed by atoms with E-state index >= 15 is 0 Å². The Morgan fingerprint density at radius 3 is 1.52 bits per heavy atom. The zero-order chi connectivity index (χ0) is 21.1. The molecule has 3 aromatic rings. The summed E-state index contributed by atoms with van der Waals surface area (Å²) < 4.78 is 0. The van der Waals surface area contributed by atoms with Gasteiger partial charge in [0.15, 0.2) is 0 Å². The number of benzene rings is 3. The number of nitrogens with one attached hydrogen (secondary N) is 2. The summed E-state index contributed by atoms with van der Waals surface area (Å²) in [4.78, 5) is 0. The molecule has 0 aliphatic carbocycles. The highest BCUT2D eigenvalue weighted by molar-refractivity contribution is 6.34. The minimum Gasteiger partial charge on any atom is -0.508 e. The highest BCUT2D eigenvalue weighted by atomic mass is 35.5. The fourth-order valence-corrected chi connectivity index (χ4v) is 3.14. The molecular formula is C21H18Cl2N2O4. The Morgan fingerprint density at radius 2 is 1.14 bits per heavy atom. The Labute approximate surface area is 177 Å². The first-order valence-electron chi connectivity index (χ1n) is 8.53. The molecular weight excluding hydrogens is 415 g/mol. The average molecular weight is 433 g/mol. The van der Waals surface area contributed by atoms with Gasteiger partial charge in [-0.3, -0.25) is 0 Å². The van der Waals surface area contributed by atoms with Gasteiger partial charge in [0.2, 0.25) is 0 Å². The number of anilines is 4. The van der Waals surface area contributed by atoms with Gasteiger partial charge in [-0.2, -0.15) is 0 Å². The third kappa shape index (κ3) is 4.45. The van der Waals surface area contributed by atoms with Crippen molar-refractivity contribution in [1.29, 1.82) is 0 Å². The van der Waals surface area contributed by atoms with Gasteiger partial charge in [0, 0.05) is 12.1 Å². The van der Waals surface area contributed by atoms with E-state index in [1.54, 1.807) is 31.2 Å². The fourth-order valence-electron chi connectivity index (χ4n) is 2.70. The standard InChI is InChI=1S/C21H18Cl2N2O4/c1-2-3-13-20(28)18(24-16-6-4-11(26)8-14(16)22)10-19(21(13)29)25-17-7-5-12(27)9-15(17)23/h2-10,24-29H,1H3/b3-2-. The van der Waals surface area contributed by atoms with E-state index in [0.29, 0.717) is 11.4 Å². The van der Waals surface area contributed by atoms with Gasteiger partial charge in [-0.25, -0.2) is 0 Å². The van der Waals surface area contributed by atoms with Crippen LogP contribution in [0.5, 0.6) is 23.0 Å². The molecule has 8 heteroatoms. The lowest BCUT2D eigenvalue weighted by Crippen LogP contribution is -1.98. The van der Waals surface area contributed by atoms with E-state index in [0.717, 1.165) is 0 Å².